The van der Waals surface area contributed by atoms with E-state index in [1.54, 1.807) is 42.1 Å². The minimum Gasteiger partial charge on any atom is -0.376 e. The van der Waals surface area contributed by atoms with Gasteiger partial charge in [0, 0.05) is 49.7 Å². The number of aryl methyl sites for hydroxylation is 1. The second kappa shape index (κ2) is 12.4. The molecule has 182 valence electrons. The van der Waals surface area contributed by atoms with Crippen LogP contribution in [0.3, 0.4) is 0 Å². The topological polar surface area (TPSA) is 81.8 Å². The molecule has 0 aliphatic carbocycles. The molecule has 0 saturated carbocycles. The van der Waals surface area contributed by atoms with Gasteiger partial charge in [-0.2, -0.15) is 0 Å². The Hall–Kier alpha value is -4.13. The van der Waals surface area contributed by atoms with Crippen LogP contribution in [-0.4, -0.2) is 49.8 Å². The third kappa shape index (κ3) is 7.43. The smallest absolute Gasteiger partial charge is 0.258 e. The molecule has 7 heteroatoms. The van der Waals surface area contributed by atoms with Crippen molar-refractivity contribution >= 4 is 34.8 Å². The van der Waals surface area contributed by atoms with E-state index in [-0.39, 0.29) is 24.3 Å². The lowest BCUT2D eigenvalue weighted by molar-refractivity contribution is -0.128. The van der Waals surface area contributed by atoms with Crippen molar-refractivity contribution in [1.82, 2.24) is 4.90 Å². The molecule has 0 bridgehead atoms. The molecule has 0 atom stereocenters. The van der Waals surface area contributed by atoms with Gasteiger partial charge < -0.3 is 20.4 Å². The molecule has 0 aliphatic rings. The zero-order valence-corrected chi connectivity index (χ0v) is 20.5. The summed E-state index contributed by atoms with van der Waals surface area (Å²) in [7, 11) is 3.47. The van der Waals surface area contributed by atoms with Crippen molar-refractivity contribution in [2.24, 2.45) is 0 Å². The van der Waals surface area contributed by atoms with Crippen LogP contribution in [0.4, 0.5) is 17.1 Å². The van der Waals surface area contributed by atoms with Crippen molar-refractivity contribution < 1.29 is 14.4 Å². The summed E-state index contributed by atoms with van der Waals surface area (Å²) in [5.41, 5.74) is 3.73. The number of nitrogens with zero attached hydrogens (tertiary/aromatic N) is 2. The van der Waals surface area contributed by atoms with Crippen LogP contribution in [0.2, 0.25) is 0 Å². The molecular formula is C28H32N4O3. The number of amides is 3. The number of benzene rings is 3. The molecule has 0 unspecified atom stereocenters. The van der Waals surface area contributed by atoms with E-state index in [1.165, 1.54) is 0 Å². The molecule has 3 amide bonds. The Morgan fingerprint density at radius 2 is 1.54 bits per heavy atom. The standard InChI is InChI=1S/C28H32N4O3/c1-4-32(25-14-6-5-7-15-25)28(35)22-11-9-12-23(19-22)29-20-26(33)30-24-13-8-10-21(18-24)16-17-27(34)31(2)3/h5-15,18-19,29H,4,16-17,20H2,1-3H3,(H,30,33). The average Bonchev–Trinajstić information content (AvgIpc) is 2.87. The van der Waals surface area contributed by atoms with Crippen LogP contribution in [0.25, 0.3) is 0 Å². The molecule has 0 saturated heterocycles. The number of anilines is 3. The first-order valence-electron chi connectivity index (χ1n) is 11.7. The summed E-state index contributed by atoms with van der Waals surface area (Å²) in [6, 6.07) is 24.2. The third-order valence-corrected chi connectivity index (χ3v) is 5.53. The molecule has 7 nitrogen and oxygen atoms in total. The largest absolute Gasteiger partial charge is 0.376 e. The van der Waals surface area contributed by atoms with Gasteiger partial charge in [0.2, 0.25) is 11.8 Å². The van der Waals surface area contributed by atoms with E-state index in [9.17, 15) is 14.4 Å². The van der Waals surface area contributed by atoms with Crippen molar-refractivity contribution in [3.63, 3.8) is 0 Å². The zero-order chi connectivity index (χ0) is 25.2. The Kier molecular flexibility index (Phi) is 9.01. The number of para-hydroxylation sites is 1. The molecule has 0 radical (unpaired) electrons. The van der Waals surface area contributed by atoms with Crippen LogP contribution < -0.4 is 15.5 Å². The molecule has 0 aliphatic heterocycles. The van der Waals surface area contributed by atoms with Gasteiger partial charge in [-0.05, 0) is 61.4 Å². The maximum atomic E-state index is 13.1. The SMILES string of the molecule is CCN(C(=O)c1cccc(NCC(=O)Nc2cccc(CCC(=O)N(C)C)c2)c1)c1ccccc1. The fourth-order valence-corrected chi connectivity index (χ4v) is 3.64. The van der Waals surface area contributed by atoms with E-state index in [4.69, 9.17) is 0 Å². The Bertz CT molecular complexity index is 1160. The predicted octanol–water partition coefficient (Wildman–Crippen LogP) is 4.42. The summed E-state index contributed by atoms with van der Waals surface area (Å²) in [6.45, 7) is 2.54. The lowest BCUT2D eigenvalue weighted by atomic mass is 10.1. The van der Waals surface area contributed by atoms with Gasteiger partial charge in [0.05, 0.1) is 6.54 Å². The number of nitrogens with one attached hydrogen (secondary N) is 2. The van der Waals surface area contributed by atoms with Crippen molar-refractivity contribution in [1.29, 1.82) is 0 Å². The quantitative estimate of drug-likeness (QED) is 0.458. The van der Waals surface area contributed by atoms with Gasteiger partial charge in [-0.3, -0.25) is 14.4 Å². The van der Waals surface area contributed by atoms with E-state index in [1.807, 2.05) is 67.6 Å². The first kappa shape index (κ1) is 25.5. The van der Waals surface area contributed by atoms with Gasteiger partial charge in [-0.15, -0.1) is 0 Å². The summed E-state index contributed by atoms with van der Waals surface area (Å²) in [5, 5.41) is 5.97. The summed E-state index contributed by atoms with van der Waals surface area (Å²) in [6.07, 6.45) is 1.03. The molecule has 3 rings (SSSR count). The highest BCUT2D eigenvalue weighted by molar-refractivity contribution is 6.06. The van der Waals surface area contributed by atoms with Crippen LogP contribution in [0, 0.1) is 0 Å². The molecule has 0 heterocycles. The number of carbonyl (C=O) groups is 3. The lowest BCUT2D eigenvalue weighted by Gasteiger charge is -2.21. The third-order valence-electron chi connectivity index (χ3n) is 5.53. The van der Waals surface area contributed by atoms with Gasteiger partial charge >= 0.3 is 0 Å². The molecule has 0 aromatic heterocycles. The first-order valence-corrected chi connectivity index (χ1v) is 11.7. The Balaban J connectivity index is 1.57. The van der Waals surface area contributed by atoms with Crippen LogP contribution >= 0.6 is 0 Å². The summed E-state index contributed by atoms with van der Waals surface area (Å²) < 4.78 is 0. The molecule has 3 aromatic rings. The second-order valence-electron chi connectivity index (χ2n) is 8.36. The number of rotatable bonds is 10. The first-order chi connectivity index (χ1) is 16.9. The van der Waals surface area contributed by atoms with Crippen LogP contribution in [0.15, 0.2) is 78.9 Å². The highest BCUT2D eigenvalue weighted by Gasteiger charge is 2.16. The average molecular weight is 473 g/mol. The normalized spacial score (nSPS) is 10.4. The van der Waals surface area contributed by atoms with E-state index >= 15 is 0 Å². The summed E-state index contributed by atoms with van der Waals surface area (Å²) in [4.78, 5) is 40.7. The van der Waals surface area contributed by atoms with E-state index in [0.717, 1.165) is 11.3 Å². The summed E-state index contributed by atoms with van der Waals surface area (Å²) >= 11 is 0. The van der Waals surface area contributed by atoms with Crippen LogP contribution in [0.5, 0.6) is 0 Å². The van der Waals surface area contributed by atoms with Crippen LogP contribution in [-0.2, 0) is 16.0 Å². The molecular weight excluding hydrogens is 440 g/mol. The molecule has 0 fully saturated rings. The Morgan fingerprint density at radius 3 is 2.26 bits per heavy atom. The number of hydrogen-bond donors (Lipinski definition) is 2. The number of carbonyl (C=O) groups excluding carboxylic acids is 3. The molecule has 0 spiro atoms. The maximum Gasteiger partial charge on any atom is 0.258 e. The fourth-order valence-electron chi connectivity index (χ4n) is 3.64. The molecule has 2 N–H and O–H groups in total. The highest BCUT2D eigenvalue weighted by Crippen LogP contribution is 2.19. The Labute approximate surface area is 206 Å². The zero-order valence-electron chi connectivity index (χ0n) is 20.5. The van der Waals surface area contributed by atoms with Crippen molar-refractivity contribution in [2.45, 2.75) is 19.8 Å². The van der Waals surface area contributed by atoms with Crippen molar-refractivity contribution in [3.8, 4) is 0 Å². The molecule has 35 heavy (non-hydrogen) atoms. The number of hydrogen-bond acceptors (Lipinski definition) is 4. The van der Waals surface area contributed by atoms with Crippen molar-refractivity contribution in [3.05, 3.63) is 90.0 Å². The van der Waals surface area contributed by atoms with Crippen LogP contribution in [0.1, 0.15) is 29.3 Å². The van der Waals surface area contributed by atoms with Gasteiger partial charge in [0.15, 0.2) is 0 Å². The predicted molar refractivity (Wildman–Crippen MR) is 141 cm³/mol. The minimum atomic E-state index is -0.206. The van der Waals surface area contributed by atoms with E-state index in [0.29, 0.717) is 36.3 Å². The Morgan fingerprint density at radius 1 is 0.829 bits per heavy atom. The van der Waals surface area contributed by atoms with Gasteiger partial charge in [0.1, 0.15) is 0 Å². The monoisotopic (exact) mass is 472 g/mol. The van der Waals surface area contributed by atoms with E-state index < -0.39 is 0 Å². The lowest BCUT2D eigenvalue weighted by Crippen LogP contribution is -2.30. The fraction of sp³-hybridized carbons (Fsp3) is 0.250. The van der Waals surface area contributed by atoms with Crippen molar-refractivity contribution in [2.75, 3.05) is 42.7 Å². The van der Waals surface area contributed by atoms with Gasteiger partial charge in [-0.1, -0.05) is 36.4 Å². The highest BCUT2D eigenvalue weighted by atomic mass is 16.2. The van der Waals surface area contributed by atoms with E-state index in [2.05, 4.69) is 10.6 Å². The maximum absolute atomic E-state index is 13.1. The van der Waals surface area contributed by atoms with Gasteiger partial charge in [0.25, 0.3) is 5.91 Å². The second-order valence-corrected chi connectivity index (χ2v) is 8.36. The van der Waals surface area contributed by atoms with Gasteiger partial charge in [-0.25, -0.2) is 0 Å². The molecule has 3 aromatic carbocycles. The minimum absolute atomic E-state index is 0.0527. The summed E-state index contributed by atoms with van der Waals surface area (Å²) in [5.74, 6) is -0.241.